The SMILES string of the molecule is CN(C)Cc1ccc(OCCCCCCOc2ccc(CN(C)C)cc2)cc1. The Morgan fingerprint density at radius 2 is 0.893 bits per heavy atom. The summed E-state index contributed by atoms with van der Waals surface area (Å²) in [6, 6.07) is 16.8. The molecular weight excluding hydrogens is 348 g/mol. The summed E-state index contributed by atoms with van der Waals surface area (Å²) in [7, 11) is 8.32. The summed E-state index contributed by atoms with van der Waals surface area (Å²) < 4.78 is 11.7. The molecule has 4 nitrogen and oxygen atoms in total. The van der Waals surface area contributed by atoms with Crippen LogP contribution in [-0.4, -0.2) is 51.2 Å². The minimum absolute atomic E-state index is 0.779. The zero-order valence-electron chi connectivity index (χ0n) is 18.0. The fraction of sp³-hybridized carbons (Fsp3) is 0.500. The Labute approximate surface area is 171 Å². The Balaban J connectivity index is 1.50. The van der Waals surface area contributed by atoms with Gasteiger partial charge in [-0.25, -0.2) is 0 Å². The molecule has 4 heteroatoms. The molecule has 154 valence electrons. The number of unbranched alkanes of at least 4 members (excludes halogenated alkanes) is 3. The molecular formula is C24H36N2O2. The highest BCUT2D eigenvalue weighted by Gasteiger charge is 1.99. The van der Waals surface area contributed by atoms with Gasteiger partial charge in [0.2, 0.25) is 0 Å². The standard InChI is InChI=1S/C24H36N2O2/c1-25(2)19-21-9-13-23(14-10-21)27-17-7-5-6-8-18-28-24-15-11-22(12-16-24)20-26(3)4/h9-16H,5-8,17-20H2,1-4H3. The van der Waals surface area contributed by atoms with Crippen LogP contribution in [0.5, 0.6) is 11.5 Å². The summed E-state index contributed by atoms with van der Waals surface area (Å²) in [5, 5.41) is 0. The van der Waals surface area contributed by atoms with Crippen molar-refractivity contribution in [1.29, 1.82) is 0 Å². The van der Waals surface area contributed by atoms with Gasteiger partial charge in [0, 0.05) is 13.1 Å². The molecule has 0 bridgehead atoms. The molecule has 0 aliphatic heterocycles. The molecule has 0 N–H and O–H groups in total. The highest BCUT2D eigenvalue weighted by Crippen LogP contribution is 2.15. The molecule has 0 unspecified atom stereocenters. The molecule has 2 aromatic carbocycles. The maximum absolute atomic E-state index is 5.83. The topological polar surface area (TPSA) is 24.9 Å². The van der Waals surface area contributed by atoms with Crippen LogP contribution in [0, 0.1) is 0 Å². The van der Waals surface area contributed by atoms with Gasteiger partial charge in [-0.1, -0.05) is 24.3 Å². The monoisotopic (exact) mass is 384 g/mol. The third-order valence-electron chi connectivity index (χ3n) is 4.42. The first-order valence-corrected chi connectivity index (χ1v) is 10.3. The molecule has 0 aromatic heterocycles. The molecule has 0 aliphatic carbocycles. The molecule has 0 spiro atoms. The number of ether oxygens (including phenoxy) is 2. The molecule has 0 radical (unpaired) electrons. The van der Waals surface area contributed by atoms with Crippen LogP contribution in [0.25, 0.3) is 0 Å². The number of hydrogen-bond acceptors (Lipinski definition) is 4. The Kier molecular flexibility index (Phi) is 9.87. The van der Waals surface area contributed by atoms with Gasteiger partial charge >= 0.3 is 0 Å². The van der Waals surface area contributed by atoms with Gasteiger partial charge in [-0.2, -0.15) is 0 Å². The van der Waals surface area contributed by atoms with Crippen molar-refractivity contribution in [2.24, 2.45) is 0 Å². The van der Waals surface area contributed by atoms with E-state index in [1.807, 2.05) is 0 Å². The second kappa shape index (κ2) is 12.4. The summed E-state index contributed by atoms with van der Waals surface area (Å²) in [6.07, 6.45) is 4.51. The first-order valence-electron chi connectivity index (χ1n) is 10.3. The van der Waals surface area contributed by atoms with E-state index in [1.165, 1.54) is 24.0 Å². The zero-order valence-corrected chi connectivity index (χ0v) is 18.0. The molecule has 2 rings (SSSR count). The van der Waals surface area contributed by atoms with Crippen molar-refractivity contribution < 1.29 is 9.47 Å². The molecule has 0 heterocycles. The van der Waals surface area contributed by atoms with Gasteiger partial charge in [-0.3, -0.25) is 0 Å². The summed E-state index contributed by atoms with van der Waals surface area (Å²) in [6.45, 7) is 3.48. The van der Waals surface area contributed by atoms with E-state index in [-0.39, 0.29) is 0 Å². The molecule has 0 atom stereocenters. The molecule has 2 aromatic rings. The van der Waals surface area contributed by atoms with Gasteiger partial charge in [0.05, 0.1) is 13.2 Å². The minimum atomic E-state index is 0.779. The van der Waals surface area contributed by atoms with Gasteiger partial charge in [0.15, 0.2) is 0 Å². The third kappa shape index (κ3) is 9.25. The molecule has 0 fully saturated rings. The van der Waals surface area contributed by atoms with Crippen LogP contribution >= 0.6 is 0 Å². The van der Waals surface area contributed by atoms with Gasteiger partial charge in [-0.05, 0) is 89.3 Å². The highest BCUT2D eigenvalue weighted by molar-refractivity contribution is 5.27. The molecule has 0 saturated heterocycles. The smallest absolute Gasteiger partial charge is 0.119 e. The summed E-state index contributed by atoms with van der Waals surface area (Å²) >= 11 is 0. The molecule has 28 heavy (non-hydrogen) atoms. The van der Waals surface area contributed by atoms with Gasteiger partial charge in [0.1, 0.15) is 11.5 Å². The second-order valence-corrected chi connectivity index (χ2v) is 7.87. The molecule has 0 saturated carbocycles. The van der Waals surface area contributed by atoms with Crippen LogP contribution in [-0.2, 0) is 13.1 Å². The van der Waals surface area contributed by atoms with Crippen LogP contribution in [0.15, 0.2) is 48.5 Å². The lowest BCUT2D eigenvalue weighted by Crippen LogP contribution is -2.10. The molecule has 0 aliphatic rings. The quantitative estimate of drug-likeness (QED) is 0.462. The first-order chi connectivity index (χ1) is 13.5. The Bertz CT molecular complexity index is 592. The number of hydrogen-bond donors (Lipinski definition) is 0. The van der Waals surface area contributed by atoms with Crippen molar-refractivity contribution in [3.8, 4) is 11.5 Å². The lowest BCUT2D eigenvalue weighted by atomic mass is 10.2. The van der Waals surface area contributed by atoms with Crippen molar-refractivity contribution in [3.63, 3.8) is 0 Å². The van der Waals surface area contributed by atoms with E-state index < -0.39 is 0 Å². The average Bonchev–Trinajstić information content (AvgIpc) is 2.65. The highest BCUT2D eigenvalue weighted by atomic mass is 16.5. The van der Waals surface area contributed by atoms with E-state index in [0.717, 1.165) is 50.6 Å². The maximum Gasteiger partial charge on any atom is 0.119 e. The van der Waals surface area contributed by atoms with E-state index in [4.69, 9.17) is 9.47 Å². The third-order valence-corrected chi connectivity index (χ3v) is 4.42. The van der Waals surface area contributed by atoms with Crippen molar-refractivity contribution in [2.75, 3.05) is 41.4 Å². The van der Waals surface area contributed by atoms with E-state index >= 15 is 0 Å². The van der Waals surface area contributed by atoms with Crippen molar-refractivity contribution >= 4 is 0 Å². The zero-order chi connectivity index (χ0) is 20.2. The van der Waals surface area contributed by atoms with Crippen molar-refractivity contribution in [2.45, 2.75) is 38.8 Å². The Morgan fingerprint density at radius 3 is 1.21 bits per heavy atom. The van der Waals surface area contributed by atoms with Crippen molar-refractivity contribution in [3.05, 3.63) is 59.7 Å². The lowest BCUT2D eigenvalue weighted by Gasteiger charge is -2.11. The lowest BCUT2D eigenvalue weighted by molar-refractivity contribution is 0.287. The fourth-order valence-corrected chi connectivity index (χ4v) is 3.05. The minimum Gasteiger partial charge on any atom is -0.494 e. The van der Waals surface area contributed by atoms with Crippen LogP contribution in [0.3, 0.4) is 0 Å². The second-order valence-electron chi connectivity index (χ2n) is 7.87. The number of benzene rings is 2. The normalized spacial score (nSPS) is 11.2. The predicted molar refractivity (Wildman–Crippen MR) is 117 cm³/mol. The van der Waals surface area contributed by atoms with E-state index in [1.54, 1.807) is 0 Å². The van der Waals surface area contributed by atoms with E-state index in [9.17, 15) is 0 Å². The van der Waals surface area contributed by atoms with Gasteiger partial charge < -0.3 is 19.3 Å². The van der Waals surface area contributed by atoms with Crippen molar-refractivity contribution in [1.82, 2.24) is 9.80 Å². The van der Waals surface area contributed by atoms with E-state index in [0.29, 0.717) is 0 Å². The summed E-state index contributed by atoms with van der Waals surface area (Å²) in [4.78, 5) is 4.33. The molecule has 0 amide bonds. The van der Waals surface area contributed by atoms with Gasteiger partial charge in [-0.15, -0.1) is 0 Å². The Morgan fingerprint density at radius 1 is 0.536 bits per heavy atom. The van der Waals surface area contributed by atoms with Crippen LogP contribution in [0.1, 0.15) is 36.8 Å². The van der Waals surface area contributed by atoms with Crippen LogP contribution < -0.4 is 9.47 Å². The number of nitrogens with zero attached hydrogens (tertiary/aromatic N) is 2. The summed E-state index contributed by atoms with van der Waals surface area (Å²) in [5.74, 6) is 1.92. The summed E-state index contributed by atoms with van der Waals surface area (Å²) in [5.41, 5.74) is 2.62. The predicted octanol–water partition coefficient (Wildman–Crippen LogP) is 4.83. The fourth-order valence-electron chi connectivity index (χ4n) is 3.05. The number of rotatable bonds is 13. The maximum atomic E-state index is 5.83. The van der Waals surface area contributed by atoms with Gasteiger partial charge in [0.25, 0.3) is 0 Å². The first kappa shape index (κ1) is 22.3. The largest absolute Gasteiger partial charge is 0.494 e. The van der Waals surface area contributed by atoms with E-state index in [2.05, 4.69) is 86.5 Å². The van der Waals surface area contributed by atoms with Crippen LogP contribution in [0.4, 0.5) is 0 Å². The van der Waals surface area contributed by atoms with Crippen LogP contribution in [0.2, 0.25) is 0 Å². The Hall–Kier alpha value is -2.04. The average molecular weight is 385 g/mol.